The van der Waals surface area contributed by atoms with Crippen molar-refractivity contribution < 1.29 is 22.9 Å². The molecule has 0 bridgehead atoms. The van der Waals surface area contributed by atoms with E-state index in [0.717, 1.165) is 41.5 Å². The first kappa shape index (κ1) is 25.5. The van der Waals surface area contributed by atoms with Crippen LogP contribution >= 0.6 is 0 Å². The summed E-state index contributed by atoms with van der Waals surface area (Å²) in [5, 5.41) is 14.3. The molecule has 1 aliphatic rings. The Morgan fingerprint density at radius 1 is 1.18 bits per heavy atom. The molecular formula is C24H31N3O6S. The van der Waals surface area contributed by atoms with Crippen molar-refractivity contribution in [3.05, 3.63) is 63.2 Å². The summed E-state index contributed by atoms with van der Waals surface area (Å²) in [4.78, 5) is 24.0. The van der Waals surface area contributed by atoms with Crippen molar-refractivity contribution in [3.8, 4) is 5.75 Å². The molecule has 9 nitrogen and oxygen atoms in total. The molecule has 2 atom stereocenters. The van der Waals surface area contributed by atoms with Gasteiger partial charge in [-0.3, -0.25) is 19.2 Å². The molecule has 0 spiro atoms. The minimum absolute atomic E-state index is 0.0531. The van der Waals surface area contributed by atoms with Crippen molar-refractivity contribution in [2.45, 2.75) is 58.0 Å². The van der Waals surface area contributed by atoms with E-state index < -0.39 is 26.9 Å². The summed E-state index contributed by atoms with van der Waals surface area (Å²) in [7, 11) is -2.65. The van der Waals surface area contributed by atoms with E-state index in [1.54, 1.807) is 6.92 Å². The fourth-order valence-corrected chi connectivity index (χ4v) is 5.62. The van der Waals surface area contributed by atoms with E-state index in [0.29, 0.717) is 0 Å². The summed E-state index contributed by atoms with van der Waals surface area (Å²) in [6.45, 7) is 3.55. The average molecular weight is 490 g/mol. The van der Waals surface area contributed by atoms with E-state index in [1.165, 1.54) is 36.8 Å². The van der Waals surface area contributed by atoms with Gasteiger partial charge in [0.1, 0.15) is 17.5 Å². The van der Waals surface area contributed by atoms with Crippen molar-refractivity contribution >= 4 is 27.3 Å². The number of hydrogen-bond acceptors (Lipinski definition) is 6. The summed E-state index contributed by atoms with van der Waals surface area (Å²) in [6, 6.07) is 8.40. The van der Waals surface area contributed by atoms with Crippen molar-refractivity contribution in [1.82, 2.24) is 5.32 Å². The maximum absolute atomic E-state index is 13.3. The Morgan fingerprint density at radius 3 is 2.44 bits per heavy atom. The molecule has 0 heterocycles. The Balaban J connectivity index is 1.93. The fraction of sp³-hybridized carbons (Fsp3) is 0.458. The van der Waals surface area contributed by atoms with Gasteiger partial charge in [0, 0.05) is 12.1 Å². The Morgan fingerprint density at radius 2 is 1.85 bits per heavy atom. The van der Waals surface area contributed by atoms with Crippen LogP contribution in [0.1, 0.15) is 55.8 Å². The van der Waals surface area contributed by atoms with Crippen molar-refractivity contribution in [2.24, 2.45) is 0 Å². The second-order valence-electron chi connectivity index (χ2n) is 8.56. The second-order valence-corrected chi connectivity index (χ2v) is 10.4. The third-order valence-electron chi connectivity index (χ3n) is 6.17. The molecule has 2 aromatic carbocycles. The van der Waals surface area contributed by atoms with Crippen LogP contribution in [-0.2, 0) is 27.7 Å². The molecule has 10 heteroatoms. The van der Waals surface area contributed by atoms with E-state index in [9.17, 15) is 23.3 Å². The zero-order chi connectivity index (χ0) is 25.0. The summed E-state index contributed by atoms with van der Waals surface area (Å²) < 4.78 is 31.8. The number of methoxy groups -OCH3 is 1. The number of fused-ring (bicyclic) bond motifs is 1. The highest BCUT2D eigenvalue weighted by atomic mass is 32.2. The fourth-order valence-electron chi connectivity index (χ4n) is 4.42. The predicted octanol–water partition coefficient (Wildman–Crippen LogP) is 3.90. The summed E-state index contributed by atoms with van der Waals surface area (Å²) in [5.41, 5.74) is 3.21. The van der Waals surface area contributed by atoms with E-state index >= 15 is 0 Å². The number of ether oxygens (including phenoxy) is 1. The van der Waals surface area contributed by atoms with Crippen molar-refractivity contribution in [2.75, 3.05) is 17.7 Å². The largest absolute Gasteiger partial charge is 0.495 e. The first-order valence-corrected chi connectivity index (χ1v) is 13.2. The normalized spacial score (nSPS) is 15.1. The Labute approximate surface area is 200 Å². The van der Waals surface area contributed by atoms with Gasteiger partial charge in [-0.2, -0.15) is 0 Å². The van der Waals surface area contributed by atoms with Crippen LogP contribution in [-0.4, -0.2) is 38.7 Å². The van der Waals surface area contributed by atoms with E-state index in [-0.39, 0.29) is 29.6 Å². The zero-order valence-electron chi connectivity index (χ0n) is 19.9. The van der Waals surface area contributed by atoms with Gasteiger partial charge < -0.3 is 10.1 Å². The molecule has 0 fully saturated rings. The summed E-state index contributed by atoms with van der Waals surface area (Å²) in [5.74, 6) is -0.378. The number of carbonyl (C=O) groups is 1. The van der Waals surface area contributed by atoms with Crippen LogP contribution in [0.3, 0.4) is 0 Å². The van der Waals surface area contributed by atoms with Crippen LogP contribution in [0, 0.1) is 10.1 Å². The van der Waals surface area contributed by atoms with Crippen LogP contribution in [0.15, 0.2) is 36.4 Å². The molecule has 0 radical (unpaired) electrons. The highest BCUT2D eigenvalue weighted by molar-refractivity contribution is 7.92. The second kappa shape index (κ2) is 10.4. The van der Waals surface area contributed by atoms with Gasteiger partial charge in [0.15, 0.2) is 0 Å². The molecule has 0 unspecified atom stereocenters. The van der Waals surface area contributed by atoms with E-state index in [4.69, 9.17) is 4.74 Å². The third kappa shape index (κ3) is 5.49. The summed E-state index contributed by atoms with van der Waals surface area (Å²) in [6.07, 6.45) is 5.51. The molecule has 2 aromatic rings. The molecular weight excluding hydrogens is 458 g/mol. The van der Waals surface area contributed by atoms with Crippen LogP contribution in [0.2, 0.25) is 0 Å². The summed E-state index contributed by atoms with van der Waals surface area (Å²) >= 11 is 0. The monoisotopic (exact) mass is 489 g/mol. The third-order valence-corrected chi connectivity index (χ3v) is 7.34. The quantitative estimate of drug-likeness (QED) is 0.421. The topological polar surface area (TPSA) is 119 Å². The van der Waals surface area contributed by atoms with Crippen LogP contribution in [0.4, 0.5) is 11.4 Å². The number of hydrogen-bond donors (Lipinski definition) is 1. The Kier molecular flexibility index (Phi) is 7.81. The average Bonchev–Trinajstić information content (AvgIpc) is 2.80. The number of nitro benzene ring substituents is 1. The van der Waals surface area contributed by atoms with Gasteiger partial charge >= 0.3 is 0 Å². The maximum atomic E-state index is 13.3. The van der Waals surface area contributed by atoms with Crippen LogP contribution in [0.25, 0.3) is 0 Å². The lowest BCUT2D eigenvalue weighted by Gasteiger charge is -2.32. The lowest BCUT2D eigenvalue weighted by molar-refractivity contribution is -0.384. The van der Waals surface area contributed by atoms with Gasteiger partial charge in [-0.05, 0) is 61.8 Å². The predicted molar refractivity (Wildman–Crippen MR) is 131 cm³/mol. The highest BCUT2D eigenvalue weighted by Gasteiger charge is 2.35. The number of nitro groups is 1. The van der Waals surface area contributed by atoms with Gasteiger partial charge in [-0.25, -0.2) is 8.42 Å². The van der Waals surface area contributed by atoms with E-state index in [2.05, 4.69) is 17.4 Å². The molecule has 0 saturated heterocycles. The minimum Gasteiger partial charge on any atom is -0.495 e. The van der Waals surface area contributed by atoms with Crippen molar-refractivity contribution in [1.29, 1.82) is 0 Å². The zero-order valence-corrected chi connectivity index (χ0v) is 20.7. The standard InChI is InChI=1S/C24H31N3O6S/c1-5-21(24(28)25-16(2)18-11-10-17-8-6-7-9-19(17)14-18)26(34(4,31)32)22-15-20(27(29)30)12-13-23(22)33-3/h10-16,21H,5-9H2,1-4H3,(H,25,28)/t16-,21+/m1/s1. The number of carbonyl (C=O) groups excluding carboxylic acids is 1. The lowest BCUT2D eigenvalue weighted by Crippen LogP contribution is -2.49. The van der Waals surface area contributed by atoms with Crippen LogP contribution in [0.5, 0.6) is 5.75 Å². The van der Waals surface area contributed by atoms with Crippen molar-refractivity contribution in [3.63, 3.8) is 0 Å². The number of non-ortho nitro benzene ring substituents is 1. The minimum atomic E-state index is -3.99. The molecule has 0 aliphatic heterocycles. The number of rotatable bonds is 9. The molecule has 0 aromatic heterocycles. The molecule has 1 amide bonds. The van der Waals surface area contributed by atoms with Crippen LogP contribution < -0.4 is 14.4 Å². The van der Waals surface area contributed by atoms with Gasteiger partial charge in [-0.1, -0.05) is 25.1 Å². The SMILES string of the molecule is CC[C@@H](C(=O)N[C@H](C)c1ccc2c(c1)CCCC2)N(c1cc([N+](=O)[O-])ccc1OC)S(C)(=O)=O. The number of anilines is 1. The number of sulfonamides is 1. The molecule has 184 valence electrons. The highest BCUT2D eigenvalue weighted by Crippen LogP contribution is 2.36. The molecule has 34 heavy (non-hydrogen) atoms. The Hall–Kier alpha value is -3.14. The van der Waals surface area contributed by atoms with E-state index in [1.807, 2.05) is 13.0 Å². The molecule has 3 rings (SSSR count). The molecule has 1 aliphatic carbocycles. The first-order valence-electron chi connectivity index (χ1n) is 11.3. The smallest absolute Gasteiger partial charge is 0.271 e. The maximum Gasteiger partial charge on any atom is 0.271 e. The Bertz CT molecular complexity index is 1180. The number of amides is 1. The van der Waals surface area contributed by atoms with Gasteiger partial charge in [0.05, 0.1) is 24.3 Å². The number of nitrogens with one attached hydrogen (secondary N) is 1. The lowest BCUT2D eigenvalue weighted by atomic mass is 9.89. The molecule has 1 N–H and O–H groups in total. The number of aryl methyl sites for hydroxylation is 2. The number of benzene rings is 2. The van der Waals surface area contributed by atoms with Gasteiger partial charge in [0.2, 0.25) is 15.9 Å². The number of nitrogens with zero attached hydrogens (tertiary/aromatic N) is 2. The van der Waals surface area contributed by atoms with Gasteiger partial charge in [0.25, 0.3) is 5.69 Å². The molecule has 0 saturated carbocycles. The first-order chi connectivity index (χ1) is 16.1. The van der Waals surface area contributed by atoms with Gasteiger partial charge in [-0.15, -0.1) is 0 Å².